The van der Waals surface area contributed by atoms with Gasteiger partial charge in [-0.15, -0.1) is 0 Å². The fourth-order valence-corrected chi connectivity index (χ4v) is 2.10. The summed E-state index contributed by atoms with van der Waals surface area (Å²) in [6.45, 7) is 10.9. The summed E-state index contributed by atoms with van der Waals surface area (Å²) >= 11 is 0. The molecule has 0 atom stereocenters. The maximum Gasteiger partial charge on any atom is 0.274 e. The predicted octanol–water partition coefficient (Wildman–Crippen LogP) is 3.72. The van der Waals surface area contributed by atoms with E-state index in [1.165, 1.54) is 5.56 Å². The third-order valence-electron chi connectivity index (χ3n) is 3.53. The van der Waals surface area contributed by atoms with Crippen molar-refractivity contribution in [3.05, 3.63) is 46.9 Å². The van der Waals surface area contributed by atoms with E-state index in [9.17, 15) is 4.79 Å². The third-order valence-corrected chi connectivity index (χ3v) is 3.53. The molecule has 1 amide bonds. The second kappa shape index (κ2) is 7.22. The number of nitrogens with one attached hydrogen (secondary N) is 2. The molecular formula is C18H24N4O. The molecule has 2 aromatic rings. The van der Waals surface area contributed by atoms with Crippen LogP contribution in [-0.2, 0) is 0 Å². The number of hydrogen-bond donors (Lipinski definition) is 2. The molecule has 1 heterocycles. The van der Waals surface area contributed by atoms with Gasteiger partial charge in [-0.25, -0.2) is 9.97 Å². The summed E-state index contributed by atoms with van der Waals surface area (Å²) in [5.41, 5.74) is 3.47. The minimum Gasteiger partial charge on any atom is -0.370 e. The van der Waals surface area contributed by atoms with Crippen LogP contribution in [0.1, 0.15) is 41.3 Å². The lowest BCUT2D eigenvalue weighted by Gasteiger charge is -2.11. The van der Waals surface area contributed by atoms with Gasteiger partial charge in [-0.3, -0.25) is 4.79 Å². The van der Waals surface area contributed by atoms with E-state index in [0.717, 1.165) is 17.8 Å². The zero-order valence-electron chi connectivity index (χ0n) is 14.4. The van der Waals surface area contributed by atoms with Crippen LogP contribution < -0.4 is 10.6 Å². The fourth-order valence-electron chi connectivity index (χ4n) is 2.10. The van der Waals surface area contributed by atoms with Crippen molar-refractivity contribution >= 4 is 17.4 Å². The number of amides is 1. The van der Waals surface area contributed by atoms with Gasteiger partial charge in [0.05, 0.1) is 0 Å². The highest BCUT2D eigenvalue weighted by Gasteiger charge is 2.11. The van der Waals surface area contributed by atoms with Crippen LogP contribution in [0.2, 0.25) is 0 Å². The Hall–Kier alpha value is -2.43. The van der Waals surface area contributed by atoms with Gasteiger partial charge in [-0.2, -0.15) is 0 Å². The topological polar surface area (TPSA) is 66.9 Å². The van der Waals surface area contributed by atoms with E-state index in [0.29, 0.717) is 23.3 Å². The molecule has 0 saturated carbocycles. The molecule has 0 bridgehead atoms. The largest absolute Gasteiger partial charge is 0.370 e. The molecule has 0 radical (unpaired) electrons. The van der Waals surface area contributed by atoms with Crippen LogP contribution in [-0.4, -0.2) is 22.4 Å². The fraction of sp³-hybridized carbons (Fsp3) is 0.389. The second-order valence-corrected chi connectivity index (χ2v) is 6.21. The number of carbonyl (C=O) groups excluding carboxylic acids is 1. The number of carbonyl (C=O) groups is 1. The first-order chi connectivity index (χ1) is 10.8. The lowest BCUT2D eigenvalue weighted by Crippen LogP contribution is -2.17. The smallest absolute Gasteiger partial charge is 0.274 e. The Bertz CT molecular complexity index is 710. The Balaban J connectivity index is 2.16. The van der Waals surface area contributed by atoms with E-state index in [1.807, 2.05) is 32.0 Å². The standard InChI is InChI=1S/C18H24N4O/c1-11(2)10-19-17-9-16(20-14(5)21-17)18(23)22-15-7-6-12(3)13(4)8-15/h6-9,11H,10H2,1-5H3,(H,22,23)(H,19,20,21). The molecule has 5 heteroatoms. The summed E-state index contributed by atoms with van der Waals surface area (Å²) in [5.74, 6) is 1.52. The predicted molar refractivity (Wildman–Crippen MR) is 94.0 cm³/mol. The summed E-state index contributed by atoms with van der Waals surface area (Å²) in [4.78, 5) is 21.0. The van der Waals surface area contributed by atoms with Crippen LogP contribution in [0.3, 0.4) is 0 Å². The molecule has 0 aliphatic heterocycles. The molecule has 122 valence electrons. The molecule has 5 nitrogen and oxygen atoms in total. The maximum absolute atomic E-state index is 12.4. The lowest BCUT2D eigenvalue weighted by atomic mass is 10.1. The number of aromatic nitrogens is 2. The number of benzene rings is 1. The number of anilines is 2. The van der Waals surface area contributed by atoms with Crippen LogP contribution in [0, 0.1) is 26.7 Å². The molecule has 0 unspecified atom stereocenters. The van der Waals surface area contributed by atoms with E-state index in [4.69, 9.17) is 0 Å². The molecule has 2 rings (SSSR count). The summed E-state index contributed by atoms with van der Waals surface area (Å²) in [5, 5.41) is 6.12. The highest BCUT2D eigenvalue weighted by molar-refractivity contribution is 6.03. The molecule has 0 spiro atoms. The number of hydrogen-bond acceptors (Lipinski definition) is 4. The van der Waals surface area contributed by atoms with Crippen LogP contribution in [0.25, 0.3) is 0 Å². The highest BCUT2D eigenvalue weighted by Crippen LogP contribution is 2.16. The van der Waals surface area contributed by atoms with Gasteiger partial charge in [0.1, 0.15) is 17.3 Å². The van der Waals surface area contributed by atoms with Gasteiger partial charge < -0.3 is 10.6 Å². The SMILES string of the molecule is Cc1nc(NCC(C)C)cc(C(=O)Nc2ccc(C)c(C)c2)n1. The van der Waals surface area contributed by atoms with Crippen molar-refractivity contribution in [2.24, 2.45) is 5.92 Å². The number of rotatable bonds is 5. The van der Waals surface area contributed by atoms with E-state index >= 15 is 0 Å². The molecule has 1 aromatic carbocycles. The summed E-state index contributed by atoms with van der Waals surface area (Å²) in [7, 11) is 0. The van der Waals surface area contributed by atoms with Gasteiger partial charge >= 0.3 is 0 Å². The van der Waals surface area contributed by atoms with Gasteiger partial charge in [0.15, 0.2) is 0 Å². The first kappa shape index (κ1) is 16.9. The minimum atomic E-state index is -0.230. The van der Waals surface area contributed by atoms with Crippen molar-refractivity contribution in [2.45, 2.75) is 34.6 Å². The number of nitrogens with zero attached hydrogens (tertiary/aromatic N) is 2. The van der Waals surface area contributed by atoms with Crippen LogP contribution in [0.15, 0.2) is 24.3 Å². The Labute approximate surface area is 137 Å². The van der Waals surface area contributed by atoms with Crippen molar-refractivity contribution in [3.8, 4) is 0 Å². The molecule has 0 fully saturated rings. The molecule has 0 saturated heterocycles. The van der Waals surface area contributed by atoms with Crippen molar-refractivity contribution in [3.63, 3.8) is 0 Å². The first-order valence-electron chi connectivity index (χ1n) is 7.83. The van der Waals surface area contributed by atoms with Gasteiger partial charge in [0, 0.05) is 18.3 Å². The van der Waals surface area contributed by atoms with Gasteiger partial charge in [-0.05, 0) is 49.9 Å². The van der Waals surface area contributed by atoms with Crippen molar-refractivity contribution in [1.82, 2.24) is 9.97 Å². The van der Waals surface area contributed by atoms with Crippen molar-refractivity contribution < 1.29 is 4.79 Å². The minimum absolute atomic E-state index is 0.230. The average molecular weight is 312 g/mol. The molecule has 23 heavy (non-hydrogen) atoms. The first-order valence-corrected chi connectivity index (χ1v) is 7.83. The van der Waals surface area contributed by atoms with Gasteiger partial charge in [-0.1, -0.05) is 19.9 Å². The molecule has 0 aliphatic carbocycles. The van der Waals surface area contributed by atoms with Crippen molar-refractivity contribution in [2.75, 3.05) is 17.2 Å². The van der Waals surface area contributed by atoms with E-state index < -0.39 is 0 Å². The monoisotopic (exact) mass is 312 g/mol. The van der Waals surface area contributed by atoms with Crippen LogP contribution in [0.5, 0.6) is 0 Å². The van der Waals surface area contributed by atoms with Gasteiger partial charge in [0.25, 0.3) is 5.91 Å². The third kappa shape index (κ3) is 4.77. The maximum atomic E-state index is 12.4. The zero-order valence-corrected chi connectivity index (χ0v) is 14.4. The summed E-state index contributed by atoms with van der Waals surface area (Å²) in [6.07, 6.45) is 0. The Kier molecular flexibility index (Phi) is 5.32. The molecular weight excluding hydrogens is 288 g/mol. The Morgan fingerprint density at radius 2 is 1.83 bits per heavy atom. The Morgan fingerprint density at radius 1 is 1.09 bits per heavy atom. The lowest BCUT2D eigenvalue weighted by molar-refractivity contribution is 0.102. The van der Waals surface area contributed by atoms with Crippen molar-refractivity contribution in [1.29, 1.82) is 0 Å². The van der Waals surface area contributed by atoms with E-state index in [-0.39, 0.29) is 5.91 Å². The van der Waals surface area contributed by atoms with Crippen LogP contribution in [0.4, 0.5) is 11.5 Å². The highest BCUT2D eigenvalue weighted by atomic mass is 16.1. The molecule has 0 aliphatic rings. The number of aryl methyl sites for hydroxylation is 3. The van der Waals surface area contributed by atoms with Gasteiger partial charge in [0.2, 0.25) is 0 Å². The Morgan fingerprint density at radius 3 is 2.48 bits per heavy atom. The van der Waals surface area contributed by atoms with Crippen LogP contribution >= 0.6 is 0 Å². The second-order valence-electron chi connectivity index (χ2n) is 6.21. The summed E-state index contributed by atoms with van der Waals surface area (Å²) < 4.78 is 0. The van der Waals surface area contributed by atoms with E-state index in [1.54, 1.807) is 13.0 Å². The molecule has 1 aromatic heterocycles. The summed E-state index contributed by atoms with van der Waals surface area (Å²) in [6, 6.07) is 7.53. The molecule has 2 N–H and O–H groups in total. The van der Waals surface area contributed by atoms with E-state index in [2.05, 4.69) is 34.4 Å². The average Bonchev–Trinajstić information content (AvgIpc) is 2.48. The zero-order chi connectivity index (χ0) is 17.0. The normalized spacial score (nSPS) is 10.7. The quantitative estimate of drug-likeness (QED) is 0.883.